The molecule has 1 N–H and O–H groups in total. The molecule has 0 spiro atoms. The number of benzene rings is 2. The van der Waals surface area contributed by atoms with E-state index < -0.39 is 10.0 Å². The third-order valence-electron chi connectivity index (χ3n) is 6.67. The number of pyridine rings is 1. The summed E-state index contributed by atoms with van der Waals surface area (Å²) in [6.07, 6.45) is 4.11. The van der Waals surface area contributed by atoms with Crippen molar-refractivity contribution in [2.24, 2.45) is 5.92 Å². The lowest BCUT2D eigenvalue weighted by atomic mass is 9.82. The zero-order chi connectivity index (χ0) is 23.0. The minimum absolute atomic E-state index is 0.00693. The zero-order valence-electron chi connectivity index (χ0n) is 18.3. The number of aliphatic hydroxyl groups is 1. The van der Waals surface area contributed by atoms with E-state index in [2.05, 4.69) is 21.7 Å². The van der Waals surface area contributed by atoms with Gasteiger partial charge in [0.05, 0.1) is 23.6 Å². The molecule has 2 aliphatic heterocycles. The molecule has 0 amide bonds. The molecular formula is C26H25N3O3S. The second-order valence-electron chi connectivity index (χ2n) is 8.45. The van der Waals surface area contributed by atoms with E-state index in [1.807, 2.05) is 43.4 Å². The highest BCUT2D eigenvalue weighted by Gasteiger charge is 2.50. The van der Waals surface area contributed by atoms with Crippen LogP contribution in [0.25, 0.3) is 0 Å². The van der Waals surface area contributed by atoms with Crippen LogP contribution in [0.2, 0.25) is 0 Å². The monoisotopic (exact) mass is 459 g/mol. The molecule has 1 saturated heterocycles. The fourth-order valence-electron chi connectivity index (χ4n) is 5.07. The van der Waals surface area contributed by atoms with Crippen molar-refractivity contribution in [2.75, 3.05) is 25.1 Å². The number of aliphatic hydroxyl groups excluding tert-OH is 1. The fourth-order valence-corrected chi connectivity index (χ4v) is 6.75. The number of likely N-dealkylation sites (N-methyl/N-ethyl adjacent to an activating group) is 1. The summed E-state index contributed by atoms with van der Waals surface area (Å²) < 4.78 is 28.8. The first kappa shape index (κ1) is 21.7. The van der Waals surface area contributed by atoms with Crippen molar-refractivity contribution in [3.05, 3.63) is 89.7 Å². The van der Waals surface area contributed by atoms with E-state index in [1.165, 1.54) is 0 Å². The van der Waals surface area contributed by atoms with E-state index in [0.717, 1.165) is 22.4 Å². The molecule has 2 aliphatic rings. The smallest absolute Gasteiger partial charge is 0.243 e. The van der Waals surface area contributed by atoms with Gasteiger partial charge in [-0.15, -0.1) is 0 Å². The summed E-state index contributed by atoms with van der Waals surface area (Å²) in [5, 5.41) is 10.2. The largest absolute Gasteiger partial charge is 0.394 e. The van der Waals surface area contributed by atoms with Gasteiger partial charge in [-0.3, -0.25) is 4.98 Å². The van der Waals surface area contributed by atoms with Crippen molar-refractivity contribution < 1.29 is 13.5 Å². The van der Waals surface area contributed by atoms with Gasteiger partial charge in [0.15, 0.2) is 0 Å². The van der Waals surface area contributed by atoms with Crippen LogP contribution >= 0.6 is 0 Å². The fraction of sp³-hybridized carbons (Fsp3) is 0.269. The molecule has 1 aromatic heterocycles. The summed E-state index contributed by atoms with van der Waals surface area (Å²) in [6, 6.07) is 17.7. The van der Waals surface area contributed by atoms with Crippen molar-refractivity contribution in [1.29, 1.82) is 0 Å². The molecule has 0 saturated carbocycles. The van der Waals surface area contributed by atoms with Gasteiger partial charge in [-0.2, -0.15) is 4.31 Å². The highest BCUT2D eigenvalue weighted by Crippen LogP contribution is 2.50. The van der Waals surface area contributed by atoms with Crippen molar-refractivity contribution in [1.82, 2.24) is 9.29 Å². The summed E-state index contributed by atoms with van der Waals surface area (Å²) >= 11 is 0. The van der Waals surface area contributed by atoms with Gasteiger partial charge >= 0.3 is 0 Å². The van der Waals surface area contributed by atoms with Crippen LogP contribution in [0, 0.1) is 17.8 Å². The van der Waals surface area contributed by atoms with E-state index in [9.17, 15) is 13.5 Å². The lowest BCUT2D eigenvalue weighted by molar-refractivity contribution is 0.193. The second kappa shape index (κ2) is 8.64. The Labute approximate surface area is 194 Å². The minimum atomic E-state index is -3.68. The summed E-state index contributed by atoms with van der Waals surface area (Å²) in [6.45, 7) is 0.390. The van der Waals surface area contributed by atoms with Crippen LogP contribution < -0.4 is 4.90 Å². The average Bonchev–Trinajstić information content (AvgIpc) is 3.30. The van der Waals surface area contributed by atoms with Crippen LogP contribution in [-0.2, 0) is 10.0 Å². The lowest BCUT2D eigenvalue weighted by Gasteiger charge is -2.44. The van der Waals surface area contributed by atoms with Crippen LogP contribution in [0.4, 0.5) is 5.69 Å². The number of anilines is 1. The maximum absolute atomic E-state index is 13.6. The molecule has 3 heterocycles. The highest BCUT2D eigenvalue weighted by molar-refractivity contribution is 7.89. The van der Waals surface area contributed by atoms with E-state index in [1.54, 1.807) is 41.0 Å². The third kappa shape index (κ3) is 3.80. The molecule has 3 aromatic rings. The quantitative estimate of drug-likeness (QED) is 0.610. The standard InChI is InChI=1S/C26H25N3O3S/c1-28-24-12-11-19(9-10-20-6-5-14-27-17-20)16-23(24)26-22(25(28)18-30)13-15-29(26)33(31,32)21-7-3-2-4-8-21/h2-8,11-12,14,16-17,22,25-26,30H,13,15,18H2,1H3/t22-,25+,26-/m1/s1. The average molecular weight is 460 g/mol. The van der Waals surface area contributed by atoms with Gasteiger partial charge < -0.3 is 10.0 Å². The van der Waals surface area contributed by atoms with Gasteiger partial charge in [0, 0.05) is 48.7 Å². The third-order valence-corrected chi connectivity index (χ3v) is 8.56. The number of sulfonamides is 1. The van der Waals surface area contributed by atoms with Crippen molar-refractivity contribution in [2.45, 2.75) is 23.4 Å². The number of fused-ring (bicyclic) bond motifs is 3. The molecule has 0 bridgehead atoms. The van der Waals surface area contributed by atoms with E-state index in [-0.39, 0.29) is 24.6 Å². The van der Waals surface area contributed by atoms with Crippen molar-refractivity contribution in [3.8, 4) is 11.8 Å². The van der Waals surface area contributed by atoms with Crippen molar-refractivity contribution in [3.63, 3.8) is 0 Å². The maximum Gasteiger partial charge on any atom is 0.243 e. The number of hydrogen-bond acceptors (Lipinski definition) is 5. The molecule has 7 heteroatoms. The van der Waals surface area contributed by atoms with Crippen LogP contribution in [-0.4, -0.2) is 49.1 Å². The summed E-state index contributed by atoms with van der Waals surface area (Å²) in [5.74, 6) is 6.31. The number of aromatic nitrogens is 1. The van der Waals surface area contributed by atoms with Gasteiger partial charge in [-0.25, -0.2) is 8.42 Å². The number of rotatable bonds is 3. The summed E-state index contributed by atoms with van der Waals surface area (Å²) in [7, 11) is -1.72. The Morgan fingerprint density at radius 3 is 2.58 bits per heavy atom. The van der Waals surface area contributed by atoms with E-state index >= 15 is 0 Å². The summed E-state index contributed by atoms with van der Waals surface area (Å²) in [5.41, 5.74) is 3.50. The minimum Gasteiger partial charge on any atom is -0.394 e. The Morgan fingerprint density at radius 2 is 1.85 bits per heavy atom. The molecule has 3 atom stereocenters. The second-order valence-corrected chi connectivity index (χ2v) is 10.3. The Bertz CT molecular complexity index is 1320. The van der Waals surface area contributed by atoms with Crippen LogP contribution in [0.5, 0.6) is 0 Å². The normalized spacial score (nSPS) is 22.2. The molecular weight excluding hydrogens is 434 g/mol. The van der Waals surface area contributed by atoms with Crippen LogP contribution in [0.1, 0.15) is 29.2 Å². The van der Waals surface area contributed by atoms with Crippen LogP contribution in [0.15, 0.2) is 78.0 Å². The zero-order valence-corrected chi connectivity index (χ0v) is 19.1. The van der Waals surface area contributed by atoms with Gasteiger partial charge in [0.1, 0.15) is 0 Å². The molecule has 5 rings (SSSR count). The predicted molar refractivity (Wildman–Crippen MR) is 127 cm³/mol. The topological polar surface area (TPSA) is 73.7 Å². The number of hydrogen-bond donors (Lipinski definition) is 1. The first-order valence-corrected chi connectivity index (χ1v) is 12.4. The SMILES string of the molecule is CN1c2ccc(C#Cc3cccnc3)cc2[C@H]2[C@H](CCN2S(=O)(=O)c2ccccc2)[C@@H]1CO. The first-order valence-electron chi connectivity index (χ1n) is 11.0. The molecule has 0 unspecified atom stereocenters. The first-order chi connectivity index (χ1) is 16.0. The maximum atomic E-state index is 13.6. The Balaban J connectivity index is 1.60. The molecule has 0 radical (unpaired) electrons. The molecule has 2 aromatic carbocycles. The molecule has 1 fully saturated rings. The molecule has 33 heavy (non-hydrogen) atoms. The van der Waals surface area contributed by atoms with E-state index in [4.69, 9.17) is 0 Å². The summed E-state index contributed by atoms with van der Waals surface area (Å²) in [4.78, 5) is 6.47. The Kier molecular flexibility index (Phi) is 5.67. The lowest BCUT2D eigenvalue weighted by Crippen LogP contribution is -2.48. The molecule has 0 aliphatic carbocycles. The van der Waals surface area contributed by atoms with Crippen molar-refractivity contribution >= 4 is 15.7 Å². The van der Waals surface area contributed by atoms with Crippen LogP contribution in [0.3, 0.4) is 0 Å². The Morgan fingerprint density at radius 1 is 1.06 bits per heavy atom. The van der Waals surface area contributed by atoms with Gasteiger partial charge in [-0.1, -0.05) is 30.0 Å². The Hall–Kier alpha value is -3.18. The van der Waals surface area contributed by atoms with Gasteiger partial charge in [0.2, 0.25) is 10.0 Å². The van der Waals surface area contributed by atoms with E-state index in [0.29, 0.717) is 17.9 Å². The molecule has 6 nitrogen and oxygen atoms in total. The molecule has 168 valence electrons. The highest BCUT2D eigenvalue weighted by atomic mass is 32.2. The van der Waals surface area contributed by atoms with Gasteiger partial charge in [0.25, 0.3) is 0 Å². The number of nitrogens with zero attached hydrogens (tertiary/aromatic N) is 3. The predicted octanol–water partition coefficient (Wildman–Crippen LogP) is 3.04. The van der Waals surface area contributed by atoms with Gasteiger partial charge in [-0.05, 0) is 54.4 Å².